The van der Waals surface area contributed by atoms with E-state index in [0.717, 1.165) is 4.31 Å². The Morgan fingerprint density at radius 1 is 1.50 bits per heavy atom. The summed E-state index contributed by atoms with van der Waals surface area (Å²) < 4.78 is 26.7. The summed E-state index contributed by atoms with van der Waals surface area (Å²) in [6.07, 6.45) is 0. The number of rotatable bonds is 4. The van der Waals surface area contributed by atoms with E-state index in [1.165, 1.54) is 7.05 Å². The molecule has 0 fully saturated rings. The van der Waals surface area contributed by atoms with Crippen molar-refractivity contribution in [1.29, 1.82) is 0 Å². The predicted molar refractivity (Wildman–Crippen MR) is 61.2 cm³/mol. The molecular formula is C7H17N3O2S2. The molecule has 0 aliphatic heterocycles. The molecule has 0 bridgehead atoms. The highest BCUT2D eigenvalue weighted by Crippen LogP contribution is 2.04. The van der Waals surface area contributed by atoms with E-state index >= 15 is 0 Å². The first-order valence-electron chi connectivity index (χ1n) is 4.08. The van der Waals surface area contributed by atoms with Gasteiger partial charge in [-0.05, 0) is 20.8 Å². The van der Waals surface area contributed by atoms with Crippen molar-refractivity contribution in [2.45, 2.75) is 26.3 Å². The zero-order chi connectivity index (χ0) is 11.6. The summed E-state index contributed by atoms with van der Waals surface area (Å²) in [6.45, 7) is 5.33. The van der Waals surface area contributed by atoms with E-state index in [4.69, 9.17) is 5.73 Å². The molecule has 0 rings (SSSR count). The van der Waals surface area contributed by atoms with Gasteiger partial charge in [-0.15, -0.1) is 0 Å². The Balaban J connectivity index is 4.56. The molecule has 0 aromatic heterocycles. The maximum atomic E-state index is 11.6. The minimum Gasteiger partial charge on any atom is -0.392 e. The molecule has 84 valence electrons. The van der Waals surface area contributed by atoms with Crippen LogP contribution < -0.4 is 10.5 Å². The van der Waals surface area contributed by atoms with Crippen LogP contribution in [0.4, 0.5) is 0 Å². The smallest absolute Gasteiger partial charge is 0.280 e. The van der Waals surface area contributed by atoms with Crippen molar-refractivity contribution in [2.24, 2.45) is 5.73 Å². The first-order chi connectivity index (χ1) is 6.04. The number of nitrogens with zero attached hydrogens (tertiary/aromatic N) is 1. The van der Waals surface area contributed by atoms with Gasteiger partial charge in [0, 0.05) is 12.6 Å². The van der Waals surface area contributed by atoms with E-state index in [0.29, 0.717) is 0 Å². The SMILES string of the molecule is CN(CC(N)=S)S(=O)(=O)NC(C)(C)C. The van der Waals surface area contributed by atoms with E-state index in [-0.39, 0.29) is 11.5 Å². The largest absolute Gasteiger partial charge is 0.392 e. The van der Waals surface area contributed by atoms with Crippen LogP contribution in [0.15, 0.2) is 0 Å². The van der Waals surface area contributed by atoms with Gasteiger partial charge in [0.25, 0.3) is 10.2 Å². The molecule has 0 aliphatic carbocycles. The number of thiocarbonyl (C=S) groups is 1. The van der Waals surface area contributed by atoms with Gasteiger partial charge in [0.15, 0.2) is 0 Å². The van der Waals surface area contributed by atoms with E-state index in [9.17, 15) is 8.42 Å². The fourth-order valence-corrected chi connectivity index (χ4v) is 2.28. The van der Waals surface area contributed by atoms with E-state index in [2.05, 4.69) is 16.9 Å². The predicted octanol–water partition coefficient (Wildman–Crippen LogP) is -0.163. The van der Waals surface area contributed by atoms with Crippen molar-refractivity contribution in [3.05, 3.63) is 0 Å². The third-order valence-corrected chi connectivity index (χ3v) is 3.17. The van der Waals surface area contributed by atoms with Crippen LogP contribution in [-0.2, 0) is 10.2 Å². The first kappa shape index (κ1) is 13.8. The Bertz CT molecular complexity index is 305. The minimum absolute atomic E-state index is 0.0424. The molecule has 3 N–H and O–H groups in total. The lowest BCUT2D eigenvalue weighted by Gasteiger charge is -2.24. The van der Waals surface area contributed by atoms with E-state index in [1.54, 1.807) is 20.8 Å². The van der Waals surface area contributed by atoms with Gasteiger partial charge in [-0.1, -0.05) is 12.2 Å². The van der Waals surface area contributed by atoms with E-state index < -0.39 is 15.7 Å². The highest BCUT2D eigenvalue weighted by atomic mass is 32.2. The van der Waals surface area contributed by atoms with Crippen LogP contribution in [0.3, 0.4) is 0 Å². The van der Waals surface area contributed by atoms with Crippen LogP contribution in [0, 0.1) is 0 Å². The Labute approximate surface area is 90.8 Å². The standard InChI is InChI=1S/C7H17N3O2S2/c1-7(2,3)9-14(11,12)10(4)5-6(8)13/h9H,5H2,1-4H3,(H2,8,13). The van der Waals surface area contributed by atoms with Crippen LogP contribution in [0.2, 0.25) is 0 Å². The molecule has 14 heavy (non-hydrogen) atoms. The van der Waals surface area contributed by atoms with Gasteiger partial charge in [0.1, 0.15) is 0 Å². The second kappa shape index (κ2) is 4.52. The number of hydrogen-bond donors (Lipinski definition) is 2. The second-order valence-electron chi connectivity index (χ2n) is 4.08. The summed E-state index contributed by atoms with van der Waals surface area (Å²) in [5.41, 5.74) is 4.74. The highest BCUT2D eigenvalue weighted by molar-refractivity contribution is 7.87. The molecule has 0 amide bonds. The highest BCUT2D eigenvalue weighted by Gasteiger charge is 2.24. The van der Waals surface area contributed by atoms with Crippen molar-refractivity contribution in [3.63, 3.8) is 0 Å². The summed E-state index contributed by atoms with van der Waals surface area (Å²) in [5.74, 6) is 0. The molecule has 0 spiro atoms. The Morgan fingerprint density at radius 2 is 1.93 bits per heavy atom. The molecule has 0 aromatic rings. The Morgan fingerprint density at radius 3 is 2.21 bits per heavy atom. The van der Waals surface area contributed by atoms with Gasteiger partial charge in [-0.2, -0.15) is 17.4 Å². The van der Waals surface area contributed by atoms with Crippen LogP contribution >= 0.6 is 12.2 Å². The average molecular weight is 239 g/mol. The topological polar surface area (TPSA) is 75.4 Å². The first-order valence-corrected chi connectivity index (χ1v) is 5.93. The fraction of sp³-hybridized carbons (Fsp3) is 0.857. The van der Waals surface area contributed by atoms with Crippen molar-refractivity contribution in [3.8, 4) is 0 Å². The van der Waals surface area contributed by atoms with Crippen LogP contribution in [0.5, 0.6) is 0 Å². The maximum Gasteiger partial charge on any atom is 0.280 e. The molecule has 7 heteroatoms. The molecule has 0 aromatic carbocycles. The Hall–Kier alpha value is -0.240. The molecule has 5 nitrogen and oxygen atoms in total. The normalized spacial score (nSPS) is 13.2. The molecular weight excluding hydrogens is 222 g/mol. The third-order valence-electron chi connectivity index (χ3n) is 1.22. The third kappa shape index (κ3) is 5.48. The van der Waals surface area contributed by atoms with Crippen molar-refractivity contribution < 1.29 is 8.42 Å². The fourth-order valence-electron chi connectivity index (χ4n) is 0.769. The Kier molecular flexibility index (Phi) is 4.44. The van der Waals surface area contributed by atoms with Crippen molar-refractivity contribution in [1.82, 2.24) is 9.03 Å². The van der Waals surface area contributed by atoms with Crippen molar-refractivity contribution in [2.75, 3.05) is 13.6 Å². The zero-order valence-electron chi connectivity index (χ0n) is 8.86. The molecule has 0 saturated carbocycles. The molecule has 0 radical (unpaired) electrons. The summed E-state index contributed by atoms with van der Waals surface area (Å²) in [7, 11) is -2.07. The average Bonchev–Trinajstić information content (AvgIpc) is 1.78. The maximum absolute atomic E-state index is 11.6. The van der Waals surface area contributed by atoms with Crippen LogP contribution in [0.1, 0.15) is 20.8 Å². The monoisotopic (exact) mass is 239 g/mol. The summed E-state index contributed by atoms with van der Waals surface area (Å²) in [6, 6.07) is 0. The van der Waals surface area contributed by atoms with Gasteiger partial charge in [-0.25, -0.2) is 0 Å². The lowest BCUT2D eigenvalue weighted by Crippen LogP contribution is -2.49. The molecule has 0 heterocycles. The summed E-state index contributed by atoms with van der Waals surface area (Å²) >= 11 is 4.63. The molecule has 0 aliphatic rings. The van der Waals surface area contributed by atoms with Gasteiger partial charge in [0.2, 0.25) is 0 Å². The van der Waals surface area contributed by atoms with Gasteiger partial charge in [-0.3, -0.25) is 0 Å². The summed E-state index contributed by atoms with van der Waals surface area (Å²) in [5, 5.41) is 0. The van der Waals surface area contributed by atoms with Gasteiger partial charge >= 0.3 is 0 Å². The molecule has 0 atom stereocenters. The quantitative estimate of drug-likeness (QED) is 0.668. The molecule has 0 unspecified atom stereocenters. The van der Waals surface area contributed by atoms with Crippen molar-refractivity contribution >= 4 is 27.4 Å². The number of nitrogens with one attached hydrogen (secondary N) is 1. The lowest BCUT2D eigenvalue weighted by atomic mass is 10.1. The molecule has 0 saturated heterocycles. The van der Waals surface area contributed by atoms with Crippen LogP contribution in [0.25, 0.3) is 0 Å². The number of nitrogens with two attached hydrogens (primary N) is 1. The van der Waals surface area contributed by atoms with Gasteiger partial charge in [0.05, 0.1) is 11.5 Å². The van der Waals surface area contributed by atoms with Gasteiger partial charge < -0.3 is 5.73 Å². The number of likely N-dealkylation sites (N-methyl/N-ethyl adjacent to an activating group) is 1. The number of hydrogen-bond acceptors (Lipinski definition) is 3. The van der Waals surface area contributed by atoms with E-state index in [1.807, 2.05) is 0 Å². The zero-order valence-corrected chi connectivity index (χ0v) is 10.5. The lowest BCUT2D eigenvalue weighted by molar-refractivity contribution is 0.443. The van der Waals surface area contributed by atoms with Crippen LogP contribution in [-0.4, -0.2) is 36.8 Å². The summed E-state index contributed by atoms with van der Waals surface area (Å²) in [4.78, 5) is 0.145. The minimum atomic E-state index is -3.50. The second-order valence-corrected chi connectivity index (χ2v) is 6.38.